The minimum atomic E-state index is -0.891. The van der Waals surface area contributed by atoms with Crippen molar-refractivity contribution in [3.63, 3.8) is 0 Å². The highest BCUT2D eigenvalue weighted by molar-refractivity contribution is 8.00. The van der Waals surface area contributed by atoms with Gasteiger partial charge in [0, 0.05) is 12.6 Å². The van der Waals surface area contributed by atoms with Gasteiger partial charge in [0.2, 0.25) is 5.91 Å². The van der Waals surface area contributed by atoms with Gasteiger partial charge in [0.25, 0.3) is 0 Å². The number of carbonyl (C=O) groups excluding carboxylic acids is 1. The maximum absolute atomic E-state index is 12.5. The molecule has 1 aromatic heterocycles. The molecule has 2 atom stereocenters. The topological polar surface area (TPSA) is 83.6 Å². The van der Waals surface area contributed by atoms with Crippen LogP contribution in [0, 0.1) is 24.2 Å². The molecule has 1 amide bonds. The van der Waals surface area contributed by atoms with Gasteiger partial charge in [-0.2, -0.15) is 5.26 Å². The van der Waals surface area contributed by atoms with Crippen LogP contribution < -0.4 is 5.32 Å². The van der Waals surface area contributed by atoms with E-state index in [-0.39, 0.29) is 11.8 Å². The van der Waals surface area contributed by atoms with Crippen LogP contribution in [0.1, 0.15) is 33.3 Å². The van der Waals surface area contributed by atoms with Crippen LogP contribution in [-0.4, -0.2) is 31.5 Å². The molecule has 0 saturated carbocycles. The molecule has 2 rings (SSSR count). The molecule has 1 N–H and O–H groups in total. The molecule has 6 nitrogen and oxygen atoms in total. The molecule has 0 saturated heterocycles. The fourth-order valence-corrected chi connectivity index (χ4v) is 3.16. The maximum atomic E-state index is 12.5. The monoisotopic (exact) mass is 371 g/mol. The third-order valence-corrected chi connectivity index (χ3v) is 5.78. The third-order valence-electron chi connectivity index (χ3n) is 4.64. The summed E-state index contributed by atoms with van der Waals surface area (Å²) in [6.07, 6.45) is 0. The van der Waals surface area contributed by atoms with Gasteiger partial charge in [0.15, 0.2) is 11.0 Å². The van der Waals surface area contributed by atoms with E-state index in [4.69, 9.17) is 0 Å². The fourth-order valence-electron chi connectivity index (χ4n) is 2.35. The zero-order valence-electron chi connectivity index (χ0n) is 16.1. The van der Waals surface area contributed by atoms with E-state index in [2.05, 4.69) is 21.6 Å². The third kappa shape index (κ3) is 4.07. The highest BCUT2D eigenvalue weighted by atomic mass is 32.2. The Hall–Kier alpha value is -2.33. The Morgan fingerprint density at radius 1 is 1.31 bits per heavy atom. The Labute approximate surface area is 159 Å². The summed E-state index contributed by atoms with van der Waals surface area (Å²) >= 11 is 1.33. The van der Waals surface area contributed by atoms with Gasteiger partial charge in [-0.1, -0.05) is 49.9 Å². The molecule has 2 aromatic rings. The van der Waals surface area contributed by atoms with Gasteiger partial charge in [-0.3, -0.25) is 4.79 Å². The van der Waals surface area contributed by atoms with E-state index in [1.165, 1.54) is 11.8 Å². The van der Waals surface area contributed by atoms with Gasteiger partial charge in [-0.15, -0.1) is 10.2 Å². The van der Waals surface area contributed by atoms with E-state index in [1.54, 1.807) is 13.8 Å². The highest BCUT2D eigenvalue weighted by Gasteiger charge is 2.32. The minimum Gasteiger partial charge on any atom is -0.337 e. The molecule has 26 heavy (non-hydrogen) atoms. The maximum Gasteiger partial charge on any atom is 0.234 e. The smallest absolute Gasteiger partial charge is 0.234 e. The van der Waals surface area contributed by atoms with E-state index < -0.39 is 10.8 Å². The summed E-state index contributed by atoms with van der Waals surface area (Å²) in [5.41, 5.74) is 1.24. The van der Waals surface area contributed by atoms with Crippen molar-refractivity contribution in [1.29, 1.82) is 5.26 Å². The second-order valence-electron chi connectivity index (χ2n) is 6.90. The molecule has 0 fully saturated rings. The second-order valence-corrected chi connectivity index (χ2v) is 8.21. The highest BCUT2D eigenvalue weighted by Crippen LogP contribution is 2.27. The van der Waals surface area contributed by atoms with Crippen LogP contribution in [-0.2, 0) is 11.8 Å². The SMILES string of the molecule is Cc1ccccc1-c1nnc(S[C@H](C)C(=O)N[C@@](C)(C#N)C(C)C)n1C. The molecule has 0 radical (unpaired) electrons. The van der Waals surface area contributed by atoms with Gasteiger partial charge >= 0.3 is 0 Å². The van der Waals surface area contributed by atoms with Crippen LogP contribution in [0.2, 0.25) is 0 Å². The Balaban J connectivity index is 2.16. The number of rotatable bonds is 6. The molecule has 0 aliphatic carbocycles. The van der Waals surface area contributed by atoms with Crippen molar-refractivity contribution in [3.05, 3.63) is 29.8 Å². The average Bonchev–Trinajstić information content (AvgIpc) is 2.95. The van der Waals surface area contributed by atoms with Crippen molar-refractivity contribution in [2.45, 2.75) is 50.6 Å². The van der Waals surface area contributed by atoms with E-state index in [1.807, 2.05) is 56.7 Å². The quantitative estimate of drug-likeness (QED) is 0.788. The van der Waals surface area contributed by atoms with Gasteiger partial charge in [-0.25, -0.2) is 0 Å². The lowest BCUT2D eigenvalue weighted by molar-refractivity contribution is -0.121. The lowest BCUT2D eigenvalue weighted by Crippen LogP contribution is -2.51. The molecule has 0 aliphatic heterocycles. The lowest BCUT2D eigenvalue weighted by Gasteiger charge is -2.28. The first-order chi connectivity index (χ1) is 12.2. The number of thioether (sulfide) groups is 1. The van der Waals surface area contributed by atoms with Crippen molar-refractivity contribution in [3.8, 4) is 17.5 Å². The number of amides is 1. The zero-order valence-corrected chi connectivity index (χ0v) is 16.9. The van der Waals surface area contributed by atoms with Crippen LogP contribution >= 0.6 is 11.8 Å². The van der Waals surface area contributed by atoms with E-state index in [0.717, 1.165) is 17.0 Å². The zero-order chi connectivity index (χ0) is 19.5. The minimum absolute atomic E-state index is 0.0103. The van der Waals surface area contributed by atoms with Crippen molar-refractivity contribution in [1.82, 2.24) is 20.1 Å². The average molecular weight is 372 g/mol. The summed E-state index contributed by atoms with van der Waals surface area (Å²) in [4.78, 5) is 12.5. The van der Waals surface area contributed by atoms with Crippen molar-refractivity contribution in [2.75, 3.05) is 0 Å². The second kappa shape index (κ2) is 7.92. The number of nitrogens with one attached hydrogen (secondary N) is 1. The van der Waals surface area contributed by atoms with E-state index >= 15 is 0 Å². The van der Waals surface area contributed by atoms with Crippen LogP contribution in [0.15, 0.2) is 29.4 Å². The molecular formula is C19H25N5OS. The number of nitrogens with zero attached hydrogens (tertiary/aromatic N) is 4. The number of benzene rings is 1. The number of aryl methyl sites for hydroxylation is 1. The standard InChI is InChI=1S/C19H25N5OS/c1-12(2)19(5,11-20)21-17(25)14(4)26-18-23-22-16(24(18)6)15-10-8-7-9-13(15)3/h7-10,12,14H,1-6H3,(H,21,25)/t14-,19+/m1/s1. The Kier molecular flexibility index (Phi) is 6.09. The van der Waals surface area contributed by atoms with Crippen LogP contribution in [0.5, 0.6) is 0 Å². The number of hydrogen-bond acceptors (Lipinski definition) is 5. The first-order valence-corrected chi connectivity index (χ1v) is 9.43. The van der Waals surface area contributed by atoms with Gasteiger partial charge in [0.1, 0.15) is 5.54 Å². The predicted octanol–water partition coefficient (Wildman–Crippen LogP) is 3.33. The summed E-state index contributed by atoms with van der Waals surface area (Å²) in [6, 6.07) is 10.2. The fraction of sp³-hybridized carbons (Fsp3) is 0.474. The Morgan fingerprint density at radius 3 is 2.54 bits per heavy atom. The molecule has 138 valence electrons. The summed E-state index contributed by atoms with van der Waals surface area (Å²) in [7, 11) is 1.89. The molecule has 7 heteroatoms. The first kappa shape index (κ1) is 20.0. The molecular weight excluding hydrogens is 346 g/mol. The van der Waals surface area contributed by atoms with Crippen molar-refractivity contribution in [2.24, 2.45) is 13.0 Å². The molecule has 0 unspecified atom stereocenters. The largest absolute Gasteiger partial charge is 0.337 e. The summed E-state index contributed by atoms with van der Waals surface area (Å²) < 4.78 is 1.89. The first-order valence-electron chi connectivity index (χ1n) is 8.55. The predicted molar refractivity (Wildman–Crippen MR) is 103 cm³/mol. The number of nitriles is 1. The van der Waals surface area contributed by atoms with Crippen molar-refractivity contribution < 1.29 is 4.79 Å². The van der Waals surface area contributed by atoms with Gasteiger partial charge in [-0.05, 0) is 32.3 Å². The lowest BCUT2D eigenvalue weighted by atomic mass is 9.90. The Bertz CT molecular complexity index is 839. The molecule has 1 aromatic carbocycles. The van der Waals surface area contributed by atoms with Crippen LogP contribution in [0.3, 0.4) is 0 Å². The van der Waals surface area contributed by atoms with Crippen LogP contribution in [0.4, 0.5) is 0 Å². The summed E-state index contributed by atoms with van der Waals surface area (Å²) in [5, 5.41) is 21.0. The summed E-state index contributed by atoms with van der Waals surface area (Å²) in [6.45, 7) is 9.41. The Morgan fingerprint density at radius 2 is 1.96 bits per heavy atom. The number of aromatic nitrogens is 3. The van der Waals surface area contributed by atoms with Gasteiger partial charge < -0.3 is 9.88 Å². The van der Waals surface area contributed by atoms with Gasteiger partial charge in [0.05, 0.1) is 11.3 Å². The van der Waals surface area contributed by atoms with E-state index in [9.17, 15) is 10.1 Å². The molecule has 0 bridgehead atoms. The normalized spacial score (nSPS) is 14.5. The molecule has 1 heterocycles. The van der Waals surface area contributed by atoms with E-state index in [0.29, 0.717) is 5.16 Å². The van der Waals surface area contributed by atoms with Crippen LogP contribution in [0.25, 0.3) is 11.4 Å². The molecule has 0 aliphatic rings. The van der Waals surface area contributed by atoms with Crippen molar-refractivity contribution >= 4 is 17.7 Å². The molecule has 0 spiro atoms. The number of carbonyl (C=O) groups is 1. The summed E-state index contributed by atoms with van der Waals surface area (Å²) in [5.74, 6) is 0.589. The number of hydrogen-bond donors (Lipinski definition) is 1.